The van der Waals surface area contributed by atoms with Crippen LogP contribution in [-0.4, -0.2) is 28.0 Å². The molecule has 0 bridgehead atoms. The fourth-order valence-corrected chi connectivity index (χ4v) is 4.00. The highest BCUT2D eigenvalue weighted by Gasteiger charge is 2.16. The largest absolute Gasteiger partial charge is 0.441 e. The number of likely N-dealkylation sites (tertiary alicyclic amines) is 1. The lowest BCUT2D eigenvalue weighted by molar-refractivity contribution is 0.334. The second-order valence-corrected chi connectivity index (χ2v) is 6.94. The first-order chi connectivity index (χ1) is 11.7. The van der Waals surface area contributed by atoms with Gasteiger partial charge in [0.25, 0.3) is 0 Å². The number of halogens is 1. The van der Waals surface area contributed by atoms with E-state index in [1.807, 2.05) is 13.8 Å². The van der Waals surface area contributed by atoms with Crippen LogP contribution in [0.25, 0.3) is 21.8 Å². The van der Waals surface area contributed by atoms with E-state index in [-0.39, 0.29) is 0 Å². The van der Waals surface area contributed by atoms with Crippen molar-refractivity contribution in [2.24, 2.45) is 0 Å². The molecule has 5 nitrogen and oxygen atoms in total. The van der Waals surface area contributed by atoms with Crippen molar-refractivity contribution >= 4 is 39.0 Å². The Morgan fingerprint density at radius 3 is 2.67 bits per heavy atom. The number of nitrogens with two attached hydrogens (primary N) is 1. The number of nitrogen functional groups attached to an aromatic ring is 1. The number of fused-ring (bicyclic) bond motifs is 1. The second-order valence-electron chi connectivity index (χ2n) is 5.45. The molecule has 2 N–H and O–H groups in total. The first kappa shape index (κ1) is 17.2. The van der Waals surface area contributed by atoms with E-state index in [1.54, 1.807) is 23.5 Å². The number of rotatable bonds is 3. The maximum atomic E-state index is 6.09. The number of nitrogens with zero attached hydrogens (tertiary/aromatic N) is 3. The number of anilines is 1. The summed E-state index contributed by atoms with van der Waals surface area (Å²) in [4.78, 5) is 13.5. The molecule has 3 aromatic rings. The van der Waals surface area contributed by atoms with Crippen LogP contribution in [0.15, 0.2) is 22.6 Å². The summed E-state index contributed by atoms with van der Waals surface area (Å²) in [6, 6.07) is 5.53. The molecule has 3 aromatic heterocycles. The lowest BCUT2D eigenvalue weighted by Gasteiger charge is -2.11. The summed E-state index contributed by atoms with van der Waals surface area (Å²) < 4.78 is 5.37. The van der Waals surface area contributed by atoms with E-state index in [2.05, 4.69) is 20.9 Å². The average molecular weight is 365 g/mol. The van der Waals surface area contributed by atoms with Crippen LogP contribution in [0, 0.1) is 0 Å². The van der Waals surface area contributed by atoms with Crippen molar-refractivity contribution in [2.45, 2.75) is 33.2 Å². The zero-order chi connectivity index (χ0) is 17.1. The third-order valence-electron chi connectivity index (χ3n) is 3.84. The smallest absolute Gasteiger partial charge is 0.199 e. The van der Waals surface area contributed by atoms with Gasteiger partial charge in [0, 0.05) is 11.4 Å². The van der Waals surface area contributed by atoms with Crippen molar-refractivity contribution in [1.82, 2.24) is 14.9 Å². The molecule has 7 heteroatoms. The molecule has 0 saturated carbocycles. The minimum absolute atomic E-state index is 0.318. The summed E-state index contributed by atoms with van der Waals surface area (Å²) in [5.41, 5.74) is 6.09. The molecule has 4 heterocycles. The molecule has 0 spiro atoms. The summed E-state index contributed by atoms with van der Waals surface area (Å²) in [7, 11) is 0. The Kier molecular flexibility index (Phi) is 5.38. The molecule has 4 rings (SSSR count). The maximum absolute atomic E-state index is 6.09. The standard InChI is InChI=1S/C15H15ClN4OS.C2H6/c16-12-4-3-11(21-12)14-18-13(17)10-7-9(22-15(10)19-14)8-20-5-1-2-6-20;1-2/h3-4,7H,1-2,5-6,8H2,(H2,17,18,19);1-2H3. The topological polar surface area (TPSA) is 68.2 Å². The van der Waals surface area contributed by atoms with Crippen molar-refractivity contribution in [2.75, 3.05) is 18.8 Å². The Morgan fingerprint density at radius 2 is 2.00 bits per heavy atom. The molecule has 1 fully saturated rings. The molecule has 0 aromatic carbocycles. The Bertz CT molecular complexity index is 823. The molecule has 0 aliphatic carbocycles. The molecule has 0 atom stereocenters. The highest BCUT2D eigenvalue weighted by atomic mass is 35.5. The Morgan fingerprint density at radius 1 is 1.25 bits per heavy atom. The third-order valence-corrected chi connectivity index (χ3v) is 5.06. The van der Waals surface area contributed by atoms with E-state index in [0.29, 0.717) is 22.6 Å². The monoisotopic (exact) mass is 364 g/mol. The maximum Gasteiger partial charge on any atom is 0.199 e. The number of hydrogen-bond donors (Lipinski definition) is 1. The number of thiophene rings is 1. The minimum atomic E-state index is 0.318. The van der Waals surface area contributed by atoms with E-state index in [4.69, 9.17) is 21.8 Å². The van der Waals surface area contributed by atoms with Crippen molar-refractivity contribution in [3.63, 3.8) is 0 Å². The van der Waals surface area contributed by atoms with E-state index < -0.39 is 0 Å². The SMILES string of the molecule is CC.Nc1nc(-c2ccc(Cl)o2)nc2sc(CN3CCCC3)cc12. The van der Waals surface area contributed by atoms with Crippen molar-refractivity contribution in [3.8, 4) is 11.6 Å². The van der Waals surface area contributed by atoms with Gasteiger partial charge < -0.3 is 10.2 Å². The van der Waals surface area contributed by atoms with Gasteiger partial charge in [-0.2, -0.15) is 0 Å². The Hall–Kier alpha value is -1.63. The summed E-state index contributed by atoms with van der Waals surface area (Å²) in [5.74, 6) is 1.50. The van der Waals surface area contributed by atoms with Gasteiger partial charge in [0.15, 0.2) is 16.8 Å². The lowest BCUT2D eigenvalue weighted by Crippen LogP contribution is -2.17. The Labute approximate surface area is 150 Å². The van der Waals surface area contributed by atoms with Crippen molar-refractivity contribution in [1.29, 1.82) is 0 Å². The van der Waals surface area contributed by atoms with E-state index in [0.717, 1.165) is 16.8 Å². The molecule has 128 valence electrons. The van der Waals surface area contributed by atoms with Gasteiger partial charge in [-0.25, -0.2) is 9.97 Å². The number of aromatic nitrogens is 2. The molecular formula is C17H21ClN4OS. The zero-order valence-corrected chi connectivity index (χ0v) is 15.5. The van der Waals surface area contributed by atoms with Crippen LogP contribution in [0.2, 0.25) is 5.22 Å². The molecule has 24 heavy (non-hydrogen) atoms. The fourth-order valence-electron chi connectivity index (χ4n) is 2.78. The van der Waals surface area contributed by atoms with Crippen molar-refractivity contribution < 1.29 is 4.42 Å². The van der Waals surface area contributed by atoms with Gasteiger partial charge >= 0.3 is 0 Å². The van der Waals surface area contributed by atoms with E-state index in [9.17, 15) is 0 Å². The lowest BCUT2D eigenvalue weighted by atomic mass is 10.3. The molecule has 0 amide bonds. The van der Waals surface area contributed by atoms with Crippen LogP contribution in [0.1, 0.15) is 31.6 Å². The third kappa shape index (κ3) is 3.55. The average Bonchev–Trinajstić information content (AvgIpc) is 3.30. The molecule has 1 aliphatic rings. The highest BCUT2D eigenvalue weighted by Crippen LogP contribution is 2.32. The van der Waals surface area contributed by atoms with Gasteiger partial charge in [-0.15, -0.1) is 11.3 Å². The van der Waals surface area contributed by atoms with Gasteiger partial charge in [-0.3, -0.25) is 4.90 Å². The van der Waals surface area contributed by atoms with Crippen LogP contribution in [0.3, 0.4) is 0 Å². The molecule has 0 radical (unpaired) electrons. The molecule has 1 aliphatic heterocycles. The van der Waals surface area contributed by atoms with E-state index >= 15 is 0 Å². The van der Waals surface area contributed by atoms with Gasteiger partial charge in [0.1, 0.15) is 10.6 Å². The summed E-state index contributed by atoms with van der Waals surface area (Å²) in [6.07, 6.45) is 2.58. The summed E-state index contributed by atoms with van der Waals surface area (Å²) in [6.45, 7) is 7.31. The van der Waals surface area contributed by atoms with Crippen LogP contribution in [0.5, 0.6) is 0 Å². The van der Waals surface area contributed by atoms with Crippen LogP contribution >= 0.6 is 22.9 Å². The van der Waals surface area contributed by atoms with Crippen LogP contribution in [-0.2, 0) is 6.54 Å². The van der Waals surface area contributed by atoms with Crippen molar-refractivity contribution in [3.05, 3.63) is 28.3 Å². The van der Waals surface area contributed by atoms with Crippen LogP contribution < -0.4 is 5.73 Å². The molecule has 1 saturated heterocycles. The number of furan rings is 1. The predicted molar refractivity (Wildman–Crippen MR) is 100 cm³/mol. The first-order valence-corrected chi connectivity index (χ1v) is 9.42. The van der Waals surface area contributed by atoms with Gasteiger partial charge in [0.2, 0.25) is 0 Å². The molecule has 0 unspecified atom stereocenters. The highest BCUT2D eigenvalue weighted by molar-refractivity contribution is 7.18. The minimum Gasteiger partial charge on any atom is -0.441 e. The van der Waals surface area contributed by atoms with Gasteiger partial charge in [-0.1, -0.05) is 13.8 Å². The number of hydrogen-bond acceptors (Lipinski definition) is 6. The predicted octanol–water partition coefficient (Wildman–Crippen LogP) is 4.81. The summed E-state index contributed by atoms with van der Waals surface area (Å²) >= 11 is 7.48. The molecular weight excluding hydrogens is 344 g/mol. The summed E-state index contributed by atoms with van der Waals surface area (Å²) in [5, 5.41) is 1.23. The Balaban J connectivity index is 0.000000815. The normalized spacial score (nSPS) is 14.8. The van der Waals surface area contributed by atoms with Gasteiger partial charge in [0.05, 0.1) is 5.39 Å². The zero-order valence-electron chi connectivity index (χ0n) is 13.9. The van der Waals surface area contributed by atoms with Gasteiger partial charge in [-0.05, 0) is 55.7 Å². The van der Waals surface area contributed by atoms with E-state index in [1.165, 1.54) is 30.8 Å². The quantitative estimate of drug-likeness (QED) is 0.722. The van der Waals surface area contributed by atoms with Crippen LogP contribution in [0.4, 0.5) is 5.82 Å². The fraction of sp³-hybridized carbons (Fsp3) is 0.412. The first-order valence-electron chi connectivity index (χ1n) is 8.23. The second kappa shape index (κ2) is 7.51.